The van der Waals surface area contributed by atoms with Crippen molar-refractivity contribution in [2.75, 3.05) is 0 Å². The summed E-state index contributed by atoms with van der Waals surface area (Å²) in [4.78, 5) is 0. The third-order valence-corrected chi connectivity index (χ3v) is 12.1. The van der Waals surface area contributed by atoms with Crippen LogP contribution in [0.2, 0.25) is 26.2 Å². The van der Waals surface area contributed by atoms with Crippen molar-refractivity contribution in [1.82, 2.24) is 0 Å². The zero-order valence-electron chi connectivity index (χ0n) is 45.0. The van der Waals surface area contributed by atoms with Crippen molar-refractivity contribution in [2.45, 2.75) is 51.9 Å². The number of halogens is 2. The van der Waals surface area contributed by atoms with Gasteiger partial charge >= 0.3 is 83.7 Å². The van der Waals surface area contributed by atoms with Gasteiger partial charge in [0.2, 0.25) is 0 Å². The Bertz CT molecular complexity index is 2910. The first-order chi connectivity index (χ1) is 37.2. The molecule has 78 heavy (non-hydrogen) atoms. The fourth-order valence-electron chi connectivity index (χ4n) is 8.43. The Hall–Kier alpha value is -5.54. The number of hydrogen-bond donors (Lipinski definition) is 0. The average Bonchev–Trinajstić information content (AvgIpc) is 4.35. The van der Waals surface area contributed by atoms with Gasteiger partial charge in [0, 0.05) is 0 Å². The molecule has 6 heteroatoms. The maximum absolute atomic E-state index is 3.45. The van der Waals surface area contributed by atoms with Gasteiger partial charge in [-0.05, 0) is 22.3 Å². The number of allylic oxidation sites excluding steroid dienone is 16. The molecule has 12 rings (SSSR count). The van der Waals surface area contributed by atoms with Gasteiger partial charge in [0.25, 0.3) is 0 Å². The molecule has 0 N–H and O–H groups in total. The third kappa shape index (κ3) is 21.3. The molecule has 0 spiro atoms. The predicted octanol–water partition coefficient (Wildman–Crippen LogP) is 13.0. The summed E-state index contributed by atoms with van der Waals surface area (Å²) in [6, 6.07) is 83.8. The molecule has 0 saturated heterocycles. The zero-order valence-corrected chi connectivity index (χ0v) is 53.4. The molecule has 0 unspecified atom stereocenters. The maximum atomic E-state index is 3.45. The van der Waals surface area contributed by atoms with Crippen LogP contribution in [-0.4, -0.2) is 10.9 Å². The van der Waals surface area contributed by atoms with Gasteiger partial charge < -0.3 is 24.8 Å². The van der Waals surface area contributed by atoms with E-state index in [0.29, 0.717) is 0 Å². The van der Waals surface area contributed by atoms with E-state index in [0.717, 1.165) is 25.7 Å². The van der Waals surface area contributed by atoms with Crippen molar-refractivity contribution < 1.29 is 71.5 Å². The largest absolute Gasteiger partial charge is 1.00 e. The molecule has 4 aliphatic carbocycles. The van der Waals surface area contributed by atoms with E-state index in [4.69, 9.17) is 0 Å². The molecule has 8 aromatic rings. The molecular weight excluding hydrogens is 1170 g/mol. The molecule has 4 aliphatic rings. The Labute approximate surface area is 509 Å². The first-order valence-corrected chi connectivity index (χ1v) is 38.3. The summed E-state index contributed by atoms with van der Waals surface area (Å²) in [5, 5.41) is 0. The van der Waals surface area contributed by atoms with Gasteiger partial charge in [0.15, 0.2) is 0 Å². The summed E-state index contributed by atoms with van der Waals surface area (Å²) < 4.78 is 0. The van der Waals surface area contributed by atoms with Gasteiger partial charge in [-0.3, -0.25) is 0 Å². The number of benzene rings is 8. The first-order valence-electron chi connectivity index (χ1n) is 25.9. The molecule has 0 heterocycles. The molecular formula is C72H64Cl2Si2Zr2-2. The monoisotopic (exact) mass is 1230 g/mol. The zero-order chi connectivity index (χ0) is 53.2. The van der Waals surface area contributed by atoms with E-state index in [-0.39, 0.29) is 35.7 Å². The molecule has 0 radical (unpaired) electrons. The Kier molecular flexibility index (Phi) is 28.5. The molecule has 0 amide bonds. The van der Waals surface area contributed by atoms with Crippen LogP contribution in [0.3, 0.4) is 0 Å². The minimum absolute atomic E-state index is 0. The number of hydrogen-bond acceptors (Lipinski definition) is 0. The van der Waals surface area contributed by atoms with E-state index < -0.39 is 0 Å². The third-order valence-electron chi connectivity index (χ3n) is 12.1. The van der Waals surface area contributed by atoms with Crippen molar-refractivity contribution in [3.8, 4) is 0 Å². The van der Waals surface area contributed by atoms with Crippen LogP contribution in [0.1, 0.15) is 70.2 Å². The maximum Gasteiger partial charge on any atom is -0.0353 e. The van der Waals surface area contributed by atoms with E-state index >= 15 is 0 Å². The fourth-order valence-corrected chi connectivity index (χ4v) is 8.43. The van der Waals surface area contributed by atoms with Crippen LogP contribution < -0.4 is 24.8 Å². The Morgan fingerprint density at radius 3 is 0.513 bits per heavy atom. The fraction of sp³-hybridized carbons (Fsp3) is 0.111. The van der Waals surface area contributed by atoms with Gasteiger partial charge in [0.05, 0.1) is 0 Å². The van der Waals surface area contributed by atoms with Crippen LogP contribution in [0.25, 0.3) is 44.6 Å². The van der Waals surface area contributed by atoms with Crippen LogP contribution in [0.4, 0.5) is 0 Å². The van der Waals surface area contributed by atoms with Gasteiger partial charge in [-0.15, -0.1) is 93.1 Å². The SMILES string of the molecule is C[Si](C)=[Zr+2].C[Si](C)=[Zr+2].[C-]1=C(c2ccccc2)C=C(c2ccccc2)C1.[C-]1=C(c2ccccc2)C=C(c2ccccc2)C1.[C-]1=C(c2ccccc2)C=C(c2ccccc2)C1.[C-]1=C(c2ccccc2)C=C(c2ccccc2)C1.[Cl-].[Cl-]. The summed E-state index contributed by atoms with van der Waals surface area (Å²) in [5.41, 5.74) is 20.9. The van der Waals surface area contributed by atoms with Crippen LogP contribution in [-0.2, 0) is 46.7 Å². The van der Waals surface area contributed by atoms with E-state index in [1.54, 1.807) is 46.7 Å². The standard InChI is InChI=1S/4C17H13.2C2H6Si.2ClH.2Zr/c4*1-3-7-14(8-4-1)16-11-12-17(13-16)15-9-5-2-6-10-15;2*1-3-2;;;;/h4*1-10,13H,11H2;2*1-2H3;2*1H;;/q4*-1;;;;;2*+2/p-2. The summed E-state index contributed by atoms with van der Waals surface area (Å²) in [6.07, 6.45) is 26.4. The second-order valence-corrected chi connectivity index (χ2v) is 37.4. The quantitative estimate of drug-likeness (QED) is 0.105. The van der Waals surface area contributed by atoms with Crippen molar-refractivity contribution >= 4 is 55.5 Å². The van der Waals surface area contributed by atoms with E-state index in [2.05, 4.69) is 269 Å². The van der Waals surface area contributed by atoms with Crippen LogP contribution in [0, 0.1) is 24.3 Å². The van der Waals surface area contributed by atoms with Crippen molar-refractivity contribution in [2.24, 2.45) is 0 Å². The van der Waals surface area contributed by atoms with Gasteiger partial charge in [-0.1, -0.05) is 220 Å². The first kappa shape index (κ1) is 63.3. The molecule has 0 aromatic heterocycles. The minimum atomic E-state index is 0. The average molecular weight is 1240 g/mol. The summed E-state index contributed by atoms with van der Waals surface area (Å²) in [5.74, 6) is 0. The summed E-state index contributed by atoms with van der Waals surface area (Å²) >= 11 is 3.48. The number of rotatable bonds is 8. The molecule has 0 saturated carbocycles. The van der Waals surface area contributed by atoms with E-state index in [1.165, 1.54) is 89.1 Å². The molecule has 0 aliphatic heterocycles. The predicted molar refractivity (Wildman–Crippen MR) is 323 cm³/mol. The molecule has 384 valence electrons. The summed E-state index contributed by atoms with van der Waals surface area (Å²) in [6.45, 7) is 9.23. The van der Waals surface area contributed by atoms with Gasteiger partial charge in [-0.25, -0.2) is 0 Å². The smallest absolute Gasteiger partial charge is 0.0353 e. The Morgan fingerprint density at radius 2 is 0.372 bits per heavy atom. The second-order valence-electron chi connectivity index (χ2n) is 18.7. The van der Waals surface area contributed by atoms with E-state index in [9.17, 15) is 0 Å². The van der Waals surface area contributed by atoms with Gasteiger partial charge in [-0.2, -0.15) is 70.9 Å². The van der Waals surface area contributed by atoms with Crippen LogP contribution in [0.15, 0.2) is 267 Å². The van der Waals surface area contributed by atoms with Crippen molar-refractivity contribution in [1.29, 1.82) is 0 Å². The van der Waals surface area contributed by atoms with Crippen LogP contribution >= 0.6 is 0 Å². The second kappa shape index (κ2) is 35.2. The Balaban J connectivity index is 0.000000181. The minimum Gasteiger partial charge on any atom is -1.00 e. The topological polar surface area (TPSA) is 0 Å². The van der Waals surface area contributed by atoms with Crippen molar-refractivity contribution in [3.63, 3.8) is 0 Å². The molecule has 8 aromatic carbocycles. The van der Waals surface area contributed by atoms with Crippen LogP contribution in [0.5, 0.6) is 0 Å². The summed E-state index contributed by atoms with van der Waals surface area (Å²) in [7, 11) is 0. The molecule has 0 atom stereocenters. The van der Waals surface area contributed by atoms with Crippen molar-refractivity contribution in [3.05, 3.63) is 336 Å². The van der Waals surface area contributed by atoms with E-state index in [1.807, 2.05) is 48.5 Å². The van der Waals surface area contributed by atoms with Gasteiger partial charge in [0.1, 0.15) is 0 Å². The molecule has 0 bridgehead atoms. The normalized spacial score (nSPS) is 13.2. The Morgan fingerprint density at radius 1 is 0.244 bits per heavy atom. The molecule has 0 nitrogen and oxygen atoms in total. The molecule has 0 fully saturated rings.